The third-order valence-corrected chi connectivity index (χ3v) is 2.81. The Balaban J connectivity index is 0. The van der Waals surface area contributed by atoms with Crippen LogP contribution in [-0.4, -0.2) is 27.9 Å². The second kappa shape index (κ2) is 10.3. The summed E-state index contributed by atoms with van der Waals surface area (Å²) in [5.74, 6) is 0.573. The number of hydrogen-bond donors (Lipinski definition) is 1. The van der Waals surface area contributed by atoms with Crippen molar-refractivity contribution in [3.63, 3.8) is 0 Å². The van der Waals surface area contributed by atoms with Gasteiger partial charge in [0, 0.05) is 0 Å². The van der Waals surface area contributed by atoms with E-state index >= 15 is 0 Å². The van der Waals surface area contributed by atoms with Gasteiger partial charge in [-0.15, -0.1) is 0 Å². The van der Waals surface area contributed by atoms with Crippen LogP contribution in [0, 0.1) is 0 Å². The van der Waals surface area contributed by atoms with E-state index in [0.717, 1.165) is 0 Å². The van der Waals surface area contributed by atoms with Gasteiger partial charge in [0.05, 0.1) is 0 Å². The number of benzene rings is 2. The van der Waals surface area contributed by atoms with E-state index in [2.05, 4.69) is 0 Å². The molecule has 20 heavy (non-hydrogen) atoms. The smallest absolute Gasteiger partial charge is 1.00 e. The molecule has 104 valence electrons. The first kappa shape index (κ1) is 21.9. The quantitative estimate of drug-likeness (QED) is 0.470. The minimum Gasteiger partial charge on any atom is -1.00 e. The van der Waals surface area contributed by atoms with E-state index in [0.29, 0.717) is 0 Å². The van der Waals surface area contributed by atoms with Gasteiger partial charge in [-0.2, -0.15) is 0 Å². The number of phosphoric acid groups is 1. The Labute approximate surface area is 146 Å². The molecular weight excluding hydrogens is 334 g/mol. The van der Waals surface area contributed by atoms with Crippen molar-refractivity contribution in [2.45, 2.75) is 0 Å². The van der Waals surface area contributed by atoms with Gasteiger partial charge >= 0.3 is 30.9 Å². The molecule has 0 aliphatic rings. The minimum absolute atomic E-state index is 0. The van der Waals surface area contributed by atoms with Crippen molar-refractivity contribution in [1.82, 2.24) is 0 Å². The Morgan fingerprint density at radius 3 is 1.35 bits per heavy atom. The third kappa shape index (κ3) is 7.38. The molecule has 0 aliphatic carbocycles. The molecule has 0 radical (unpaired) electrons. The van der Waals surface area contributed by atoms with Crippen LogP contribution in [0.1, 0.15) is 0 Å². The molecule has 0 saturated heterocycles. The zero-order valence-corrected chi connectivity index (χ0v) is 14.2. The first-order chi connectivity index (χ1) is 8.16. The Morgan fingerprint density at radius 1 is 0.750 bits per heavy atom. The first-order valence-electron chi connectivity index (χ1n) is 4.98. The summed E-state index contributed by atoms with van der Waals surface area (Å²) in [4.78, 5) is 9.53. The van der Waals surface area contributed by atoms with Crippen molar-refractivity contribution >= 4 is 30.9 Å². The summed E-state index contributed by atoms with van der Waals surface area (Å²) in [6.07, 6.45) is 0. The average Bonchev–Trinajstić information content (AvgIpc) is 2.30. The molecule has 0 aliphatic heterocycles. The van der Waals surface area contributed by atoms with Gasteiger partial charge in [-0.1, -0.05) is 36.4 Å². The van der Waals surface area contributed by atoms with Crippen molar-refractivity contribution < 1.29 is 43.3 Å². The van der Waals surface area contributed by atoms with Crippen molar-refractivity contribution in [2.24, 2.45) is 0 Å². The van der Waals surface area contributed by atoms with Gasteiger partial charge in [-0.25, -0.2) is 4.57 Å². The van der Waals surface area contributed by atoms with E-state index in [1.54, 1.807) is 60.7 Å². The Bertz CT molecular complexity index is 482. The predicted molar refractivity (Wildman–Crippen MR) is 69.7 cm³/mol. The van der Waals surface area contributed by atoms with Crippen molar-refractivity contribution in [1.29, 1.82) is 0 Å². The molecular formula is C12H11Cl2MgO4P. The molecule has 0 saturated carbocycles. The summed E-state index contributed by atoms with van der Waals surface area (Å²) in [7, 11) is -4.14. The molecule has 0 atom stereocenters. The van der Waals surface area contributed by atoms with E-state index in [4.69, 9.17) is 9.05 Å². The van der Waals surface area contributed by atoms with Crippen LogP contribution in [0.25, 0.3) is 0 Å². The summed E-state index contributed by atoms with van der Waals surface area (Å²) in [5, 5.41) is 0. The van der Waals surface area contributed by atoms with Crippen LogP contribution in [0.5, 0.6) is 11.5 Å². The van der Waals surface area contributed by atoms with Crippen LogP contribution in [0.15, 0.2) is 60.7 Å². The summed E-state index contributed by atoms with van der Waals surface area (Å²) in [5.41, 5.74) is 0. The van der Waals surface area contributed by atoms with Crippen LogP contribution in [0.4, 0.5) is 0 Å². The van der Waals surface area contributed by atoms with Crippen LogP contribution in [0.2, 0.25) is 0 Å². The normalized spacial score (nSPS) is 9.25. The average molecular weight is 345 g/mol. The second-order valence-electron chi connectivity index (χ2n) is 3.28. The molecule has 0 aromatic heterocycles. The molecule has 2 rings (SSSR count). The number of halogens is 2. The Kier molecular flexibility index (Phi) is 11.3. The molecule has 0 heterocycles. The number of rotatable bonds is 4. The van der Waals surface area contributed by atoms with Crippen LogP contribution in [-0.2, 0) is 4.57 Å². The summed E-state index contributed by atoms with van der Waals surface area (Å²) in [6, 6.07) is 16.7. The summed E-state index contributed by atoms with van der Waals surface area (Å²) < 4.78 is 21.5. The molecule has 0 amide bonds. The number of phosphoric ester groups is 1. The number of hydrogen-bond acceptors (Lipinski definition) is 3. The zero-order valence-electron chi connectivity index (χ0n) is 10.4. The van der Waals surface area contributed by atoms with Gasteiger partial charge in [0.15, 0.2) is 0 Å². The molecule has 0 bridgehead atoms. The molecule has 0 unspecified atom stereocenters. The Morgan fingerprint density at radius 2 is 1.05 bits per heavy atom. The van der Waals surface area contributed by atoms with Gasteiger partial charge in [0.2, 0.25) is 0 Å². The van der Waals surface area contributed by atoms with Gasteiger partial charge in [0.1, 0.15) is 11.5 Å². The predicted octanol–water partition coefficient (Wildman–Crippen LogP) is -3.13. The zero-order chi connectivity index (χ0) is 12.1. The summed E-state index contributed by atoms with van der Waals surface area (Å²) >= 11 is 0. The van der Waals surface area contributed by atoms with Crippen molar-refractivity contribution in [2.75, 3.05) is 0 Å². The van der Waals surface area contributed by atoms with Crippen LogP contribution in [0.3, 0.4) is 0 Å². The van der Waals surface area contributed by atoms with Gasteiger partial charge in [0.25, 0.3) is 0 Å². The van der Waals surface area contributed by atoms with Gasteiger partial charge in [-0.05, 0) is 24.3 Å². The van der Waals surface area contributed by atoms with E-state index in [-0.39, 0.29) is 59.4 Å². The largest absolute Gasteiger partial charge is 2.00 e. The van der Waals surface area contributed by atoms with Crippen molar-refractivity contribution in [3.05, 3.63) is 60.7 Å². The summed E-state index contributed by atoms with van der Waals surface area (Å²) in [6.45, 7) is 0. The minimum atomic E-state index is -4.14. The number of para-hydroxylation sites is 2. The molecule has 1 N–H and O–H groups in total. The fourth-order valence-corrected chi connectivity index (χ4v) is 2.06. The fourth-order valence-electron chi connectivity index (χ4n) is 1.25. The van der Waals surface area contributed by atoms with E-state index < -0.39 is 7.82 Å². The molecule has 4 nitrogen and oxygen atoms in total. The Hall–Kier alpha value is -0.424. The van der Waals surface area contributed by atoms with Crippen molar-refractivity contribution in [3.8, 4) is 11.5 Å². The third-order valence-electron chi connectivity index (χ3n) is 1.93. The SMILES string of the molecule is O=P(O)(Oc1ccccc1)Oc1ccccc1.[Cl-].[Cl-].[Mg+2]. The first-order valence-corrected chi connectivity index (χ1v) is 6.47. The van der Waals surface area contributed by atoms with Gasteiger partial charge in [-0.3, -0.25) is 4.89 Å². The second-order valence-corrected chi connectivity index (χ2v) is 4.58. The maximum absolute atomic E-state index is 11.7. The topological polar surface area (TPSA) is 55.8 Å². The van der Waals surface area contributed by atoms with E-state index in [1.807, 2.05) is 0 Å². The standard InChI is InChI=1S/C12H11O4P.2ClH.Mg/c13-17(14,15-11-7-3-1-4-8-11)16-12-9-5-2-6-10-12;;;/h1-10H,(H,13,14);2*1H;/q;;;+2/p-2. The maximum Gasteiger partial charge on any atom is 2.00 e. The molecule has 0 fully saturated rings. The van der Waals surface area contributed by atoms with E-state index in [1.165, 1.54) is 0 Å². The molecule has 8 heteroatoms. The monoisotopic (exact) mass is 344 g/mol. The van der Waals surface area contributed by atoms with Gasteiger partial charge < -0.3 is 33.9 Å². The van der Waals surface area contributed by atoms with Crippen LogP contribution < -0.4 is 33.9 Å². The van der Waals surface area contributed by atoms with Crippen LogP contribution >= 0.6 is 7.82 Å². The maximum atomic E-state index is 11.7. The molecule has 0 spiro atoms. The van der Waals surface area contributed by atoms with E-state index in [9.17, 15) is 9.46 Å². The molecule has 2 aromatic carbocycles. The molecule has 2 aromatic rings. The fraction of sp³-hybridized carbons (Fsp3) is 0.